The monoisotopic (exact) mass is 358 g/mol. The van der Waals surface area contributed by atoms with Crippen molar-refractivity contribution >= 4 is 35.3 Å². The van der Waals surface area contributed by atoms with Gasteiger partial charge in [-0.05, 0) is 28.8 Å². The second-order valence-corrected chi connectivity index (χ2v) is 5.45. The fourth-order valence-corrected chi connectivity index (χ4v) is 2.42. The Morgan fingerprint density at radius 2 is 1.80 bits per heavy atom. The van der Waals surface area contributed by atoms with Crippen LogP contribution in [-0.4, -0.2) is 18.2 Å². The van der Waals surface area contributed by atoms with Gasteiger partial charge in [-0.15, -0.1) is 0 Å². The molecule has 0 fully saturated rings. The summed E-state index contributed by atoms with van der Waals surface area (Å²) in [4.78, 5) is 11.4. The number of hydrogen-bond donors (Lipinski definition) is 1. The predicted octanol–water partition coefficient (Wildman–Crippen LogP) is 5.28. The molecule has 0 aliphatic heterocycles. The Bertz CT molecular complexity index is 854. The molecule has 5 heteroatoms. The van der Waals surface area contributed by atoms with E-state index in [0.717, 1.165) is 5.56 Å². The van der Waals surface area contributed by atoms with E-state index in [1.165, 1.54) is 25.5 Å². The topological polar surface area (TPSA) is 46.5 Å². The van der Waals surface area contributed by atoms with Gasteiger partial charge in [0.05, 0.1) is 18.4 Å². The lowest BCUT2D eigenvalue weighted by Gasteiger charge is -2.06. The summed E-state index contributed by atoms with van der Waals surface area (Å²) >= 11 is 5.96. The lowest BCUT2D eigenvalue weighted by Crippen LogP contribution is -2.02. The molecule has 0 aliphatic rings. The molecule has 0 atom stereocenters. The lowest BCUT2D eigenvalue weighted by molar-refractivity contribution is -0.130. The normalized spacial score (nSPS) is 12.0. The number of allylic oxidation sites excluding steroid dienone is 2. The van der Waals surface area contributed by atoms with E-state index in [2.05, 4.69) is 0 Å². The third-order valence-corrected chi connectivity index (χ3v) is 3.67. The number of aliphatic carboxylic acids is 1. The molecule has 0 bridgehead atoms. The van der Waals surface area contributed by atoms with E-state index >= 15 is 0 Å². The molecule has 0 saturated carbocycles. The van der Waals surface area contributed by atoms with Gasteiger partial charge < -0.3 is 9.84 Å². The summed E-state index contributed by atoms with van der Waals surface area (Å²) < 4.78 is 17.9. The lowest BCUT2D eigenvalue weighted by atomic mass is 10.00. The van der Waals surface area contributed by atoms with E-state index in [4.69, 9.17) is 16.3 Å². The van der Waals surface area contributed by atoms with Crippen LogP contribution in [0.2, 0.25) is 5.02 Å². The highest BCUT2D eigenvalue weighted by atomic mass is 35.5. The van der Waals surface area contributed by atoms with Crippen molar-refractivity contribution in [2.45, 2.75) is 0 Å². The van der Waals surface area contributed by atoms with Gasteiger partial charge in [-0.2, -0.15) is 0 Å². The van der Waals surface area contributed by atoms with Crippen LogP contribution in [0.3, 0.4) is 0 Å². The number of carboxylic acids is 1. The van der Waals surface area contributed by atoms with Crippen LogP contribution in [0.1, 0.15) is 16.7 Å². The SMILES string of the molecule is COC=C(C(=O)O)c1ccccc1C=CC=Cc1ccc(F)cc1Cl. The first-order valence-electron chi connectivity index (χ1n) is 7.38. The van der Waals surface area contributed by atoms with Crippen molar-refractivity contribution in [3.8, 4) is 0 Å². The Labute approximate surface area is 150 Å². The molecule has 128 valence electrons. The van der Waals surface area contributed by atoms with Crippen molar-refractivity contribution in [1.82, 2.24) is 0 Å². The number of carbonyl (C=O) groups is 1. The standard InChI is InChI=1S/C20H16ClFO3/c1-25-13-18(20(23)24)17-9-5-4-7-14(17)6-2-3-8-15-10-11-16(22)12-19(15)21/h2-13H,1H3,(H,23,24). The predicted molar refractivity (Wildman–Crippen MR) is 98.5 cm³/mol. The number of methoxy groups -OCH3 is 1. The number of hydrogen-bond acceptors (Lipinski definition) is 2. The first-order chi connectivity index (χ1) is 12.0. The highest BCUT2D eigenvalue weighted by molar-refractivity contribution is 6.32. The molecule has 0 heterocycles. The maximum Gasteiger partial charge on any atom is 0.339 e. The summed E-state index contributed by atoms with van der Waals surface area (Å²) in [5.41, 5.74) is 2.02. The Morgan fingerprint density at radius 1 is 1.12 bits per heavy atom. The minimum Gasteiger partial charge on any atom is -0.503 e. The maximum absolute atomic E-state index is 13.0. The fourth-order valence-electron chi connectivity index (χ4n) is 2.19. The van der Waals surface area contributed by atoms with Crippen molar-refractivity contribution in [3.05, 3.63) is 88.4 Å². The molecule has 0 spiro atoms. The van der Waals surface area contributed by atoms with Gasteiger partial charge in [0.15, 0.2) is 0 Å². The minimum atomic E-state index is -1.07. The third kappa shape index (κ3) is 5.06. The number of carboxylic acid groups (broad SMARTS) is 1. The molecule has 2 rings (SSSR count). The van der Waals surface area contributed by atoms with Crippen LogP contribution in [0, 0.1) is 5.82 Å². The summed E-state index contributed by atoms with van der Waals surface area (Å²) in [6.07, 6.45) is 8.21. The molecule has 2 aromatic rings. The Morgan fingerprint density at radius 3 is 2.44 bits per heavy atom. The summed E-state index contributed by atoms with van der Waals surface area (Å²) in [5.74, 6) is -1.46. The zero-order valence-corrected chi connectivity index (χ0v) is 14.2. The number of halogens is 2. The van der Waals surface area contributed by atoms with Crippen molar-refractivity contribution in [3.63, 3.8) is 0 Å². The summed E-state index contributed by atoms with van der Waals surface area (Å²) in [6.45, 7) is 0. The van der Waals surface area contributed by atoms with Gasteiger partial charge in [0.1, 0.15) is 11.4 Å². The molecule has 0 amide bonds. The largest absolute Gasteiger partial charge is 0.503 e. The molecular weight excluding hydrogens is 343 g/mol. The van der Waals surface area contributed by atoms with Crippen molar-refractivity contribution in [2.24, 2.45) is 0 Å². The van der Waals surface area contributed by atoms with E-state index in [-0.39, 0.29) is 5.57 Å². The first-order valence-corrected chi connectivity index (χ1v) is 7.76. The summed E-state index contributed by atoms with van der Waals surface area (Å²) in [5, 5.41) is 9.64. The zero-order valence-electron chi connectivity index (χ0n) is 13.4. The highest BCUT2D eigenvalue weighted by Crippen LogP contribution is 2.22. The van der Waals surface area contributed by atoms with Crippen LogP contribution in [-0.2, 0) is 9.53 Å². The molecule has 2 aromatic carbocycles. The van der Waals surface area contributed by atoms with Gasteiger partial charge in [0.25, 0.3) is 0 Å². The summed E-state index contributed by atoms with van der Waals surface area (Å²) in [6, 6.07) is 11.2. The molecule has 25 heavy (non-hydrogen) atoms. The quantitative estimate of drug-likeness (QED) is 0.434. The molecule has 0 saturated heterocycles. The first kappa shape index (κ1) is 18.5. The molecule has 0 aliphatic carbocycles. The van der Waals surface area contributed by atoms with Crippen molar-refractivity contribution in [1.29, 1.82) is 0 Å². The fraction of sp³-hybridized carbons (Fsp3) is 0.0500. The van der Waals surface area contributed by atoms with E-state index in [1.54, 1.807) is 48.6 Å². The summed E-state index contributed by atoms with van der Waals surface area (Å²) in [7, 11) is 1.40. The molecule has 0 radical (unpaired) electrons. The Hall–Kier alpha value is -2.85. The number of rotatable bonds is 6. The average molecular weight is 359 g/mol. The molecular formula is C20H16ClFO3. The highest BCUT2D eigenvalue weighted by Gasteiger charge is 2.13. The van der Waals surface area contributed by atoms with E-state index in [0.29, 0.717) is 16.1 Å². The van der Waals surface area contributed by atoms with Crippen LogP contribution in [0.15, 0.2) is 60.9 Å². The average Bonchev–Trinajstić information content (AvgIpc) is 2.58. The second-order valence-electron chi connectivity index (χ2n) is 5.04. The van der Waals surface area contributed by atoms with Crippen LogP contribution in [0.4, 0.5) is 4.39 Å². The van der Waals surface area contributed by atoms with E-state index < -0.39 is 11.8 Å². The van der Waals surface area contributed by atoms with Gasteiger partial charge in [-0.1, -0.05) is 66.2 Å². The second kappa shape index (κ2) is 8.85. The molecule has 3 nitrogen and oxygen atoms in total. The van der Waals surface area contributed by atoms with Gasteiger partial charge in [-0.25, -0.2) is 9.18 Å². The van der Waals surface area contributed by atoms with Crippen molar-refractivity contribution < 1.29 is 19.0 Å². The van der Waals surface area contributed by atoms with Gasteiger partial charge >= 0.3 is 5.97 Å². The number of benzene rings is 2. The Kier molecular flexibility index (Phi) is 6.54. The molecule has 0 aromatic heterocycles. The minimum absolute atomic E-state index is 0.0632. The number of ether oxygens (including phenoxy) is 1. The van der Waals surface area contributed by atoms with Gasteiger partial charge in [0.2, 0.25) is 0 Å². The van der Waals surface area contributed by atoms with Crippen molar-refractivity contribution in [2.75, 3.05) is 7.11 Å². The smallest absolute Gasteiger partial charge is 0.339 e. The third-order valence-electron chi connectivity index (χ3n) is 3.34. The van der Waals surface area contributed by atoms with Crippen LogP contribution in [0.25, 0.3) is 17.7 Å². The Balaban J connectivity index is 2.26. The van der Waals surface area contributed by atoms with Crippen LogP contribution >= 0.6 is 11.6 Å². The van der Waals surface area contributed by atoms with E-state index in [9.17, 15) is 14.3 Å². The molecule has 1 N–H and O–H groups in total. The van der Waals surface area contributed by atoms with Gasteiger partial charge in [-0.3, -0.25) is 0 Å². The van der Waals surface area contributed by atoms with Gasteiger partial charge in [0, 0.05) is 0 Å². The maximum atomic E-state index is 13.0. The van der Waals surface area contributed by atoms with Crippen LogP contribution < -0.4 is 0 Å². The van der Waals surface area contributed by atoms with E-state index in [1.807, 2.05) is 6.07 Å². The molecule has 0 unspecified atom stereocenters. The van der Waals surface area contributed by atoms with Crippen LogP contribution in [0.5, 0.6) is 0 Å². The zero-order chi connectivity index (χ0) is 18.2.